The zero-order chi connectivity index (χ0) is 4.00. The summed E-state index contributed by atoms with van der Waals surface area (Å²) in [6.45, 7) is 0. The Balaban J connectivity index is 0. The zero-order valence-electron chi connectivity index (χ0n) is 2.10. The first-order valence-electron chi connectivity index (χ1n) is 0.524. The van der Waals surface area contributed by atoms with Crippen molar-refractivity contribution in [3.05, 3.63) is 0 Å². The van der Waals surface area contributed by atoms with Gasteiger partial charge in [0.15, 0.2) is 0 Å². The van der Waals surface area contributed by atoms with Crippen LogP contribution in [-0.2, 0) is 5.47 Å². The summed E-state index contributed by atoms with van der Waals surface area (Å²) in [5.41, 5.74) is 0. The van der Waals surface area contributed by atoms with Crippen LogP contribution in [0.4, 0.5) is 0 Å². The molecule has 0 rings (SSSR count). The molecule has 21 valence electrons. The van der Waals surface area contributed by atoms with E-state index >= 15 is 0 Å². The molecule has 0 aromatic heterocycles. The van der Waals surface area contributed by atoms with Crippen LogP contribution in [0, 0.1) is 33.8 Å². The third kappa shape index (κ3) is 10.2. The molecule has 0 N–H and O–H groups in total. The second-order valence-electron chi connectivity index (χ2n) is 0. The van der Waals surface area contributed by atoms with Gasteiger partial charge < -0.3 is 0 Å². The fourth-order valence-corrected chi connectivity index (χ4v) is 0. The molecular formula is H2GeLaO2. The molecule has 0 radical (unpaired) electrons. The van der Waals surface area contributed by atoms with Gasteiger partial charge in [-0.15, -0.1) is 0 Å². The Bertz CT molecular complexity index is 8.00. The molecule has 0 bridgehead atoms. The van der Waals surface area contributed by atoms with Gasteiger partial charge in [-0.05, 0) is 0 Å². The monoisotopic (exact) mass is 247 g/mol. The summed E-state index contributed by atoms with van der Waals surface area (Å²) in [5, 5.41) is 0. The molecule has 0 unspecified atom stereocenters. The first-order chi connectivity index (χ1) is 2.00. The van der Waals surface area contributed by atoms with Gasteiger partial charge in [-0.1, -0.05) is 0 Å². The summed E-state index contributed by atoms with van der Waals surface area (Å²) < 4.78 is 16.8. The predicted molar refractivity (Wildman–Crippen MR) is 9.92 cm³/mol. The summed E-state index contributed by atoms with van der Waals surface area (Å²) in [6.07, 6.45) is 0. The Kier molecular flexibility index (Phi) is 60.9. The molecule has 0 aromatic carbocycles. The van der Waals surface area contributed by atoms with Gasteiger partial charge in [-0.3, -0.25) is 0 Å². The van der Waals surface area contributed by atoms with Gasteiger partial charge in [0, 0.05) is 0 Å². The van der Waals surface area contributed by atoms with Crippen LogP contribution >= 0.6 is 0 Å². The summed E-state index contributed by atoms with van der Waals surface area (Å²) in [6, 6.07) is 0. The van der Waals surface area contributed by atoms with Crippen molar-refractivity contribution in [2.75, 3.05) is 0 Å². The fourth-order valence-electron chi connectivity index (χ4n) is 0. The molecule has 0 aliphatic rings. The molecule has 0 saturated carbocycles. The third-order valence-corrected chi connectivity index (χ3v) is 0. The summed E-state index contributed by atoms with van der Waals surface area (Å²) in [4.78, 5) is 0. The summed E-state index contributed by atoms with van der Waals surface area (Å²) in [5.74, 6) is 0. The minimum absolute atomic E-state index is 0.0833. The molecule has 0 saturated heterocycles. The molecule has 0 amide bonds. The van der Waals surface area contributed by atoms with Crippen molar-refractivity contribution in [3.63, 3.8) is 0 Å². The number of hydrogen-bond donors (Lipinski definition) is 0. The number of rotatable bonds is 0. The van der Waals surface area contributed by atoms with E-state index in [1.165, 1.54) is 0 Å². The molecule has 0 aliphatic heterocycles. The zero-order valence-corrected chi connectivity index (χ0v) is 8.69. The van der Waals surface area contributed by atoms with Gasteiger partial charge in [0.2, 0.25) is 0 Å². The van der Waals surface area contributed by atoms with E-state index < -0.39 is 0 Å². The van der Waals surface area contributed by atoms with Crippen molar-refractivity contribution < 1.29 is 39.3 Å². The first kappa shape index (κ1) is 9.02. The molecule has 2 nitrogen and oxygen atoms in total. The van der Waals surface area contributed by atoms with Crippen molar-refractivity contribution in [1.82, 2.24) is 0 Å². The van der Waals surface area contributed by atoms with E-state index in [0.29, 0.717) is 0 Å². The fraction of sp³-hybridized carbons (Fsp3) is 0. The second-order valence-corrected chi connectivity index (χ2v) is 0. The SMILES string of the molecule is [O]=[GeH2].[O]=[La]. The predicted octanol–water partition coefficient (Wildman–Crippen LogP) is -1.15. The molecule has 0 atom stereocenters. The van der Waals surface area contributed by atoms with E-state index in [1.54, 1.807) is 0 Å². The van der Waals surface area contributed by atoms with Gasteiger partial charge in [-0.2, -0.15) is 0 Å². The standard InChI is InChI=1S/GeH2O.La.O/c1-2;;/h1H2;;. The normalized spacial score (nSPS) is 2.50. The van der Waals surface area contributed by atoms with Gasteiger partial charge in [0.1, 0.15) is 0 Å². The van der Waals surface area contributed by atoms with Crippen LogP contribution in [0.15, 0.2) is 0 Å². The second kappa shape index (κ2) is 27.0. The van der Waals surface area contributed by atoms with Crippen LogP contribution in [0.2, 0.25) is 0 Å². The Morgan fingerprint density at radius 2 is 1.25 bits per heavy atom. The van der Waals surface area contributed by atoms with Gasteiger partial charge in [0.05, 0.1) is 0 Å². The third-order valence-electron chi connectivity index (χ3n) is 0. The van der Waals surface area contributed by atoms with Crippen molar-refractivity contribution in [1.29, 1.82) is 0 Å². The van der Waals surface area contributed by atoms with Crippen LogP contribution in [0.25, 0.3) is 0 Å². The Morgan fingerprint density at radius 3 is 1.25 bits per heavy atom. The van der Waals surface area contributed by atoms with E-state index in [2.05, 4.69) is 0 Å². The molecule has 0 fully saturated rings. The van der Waals surface area contributed by atoms with Crippen LogP contribution < -0.4 is 0 Å². The van der Waals surface area contributed by atoms with Crippen LogP contribution in [0.1, 0.15) is 0 Å². The molecule has 0 heterocycles. The Hall–Kier alpha value is 1.34. The van der Waals surface area contributed by atoms with E-state index in [4.69, 9.17) is 5.47 Å². The molecule has 0 aliphatic carbocycles. The maximum absolute atomic E-state index is 8.42. The quantitative estimate of drug-likeness (QED) is 0.505. The topological polar surface area (TPSA) is 34.1 Å². The minimum atomic E-state index is -0.0833. The Morgan fingerprint density at radius 1 is 1.25 bits per heavy atom. The summed E-state index contributed by atoms with van der Waals surface area (Å²) >= 11 is 0.0417. The Labute approximate surface area is 55.1 Å². The van der Waals surface area contributed by atoms with Crippen LogP contribution in [-0.4, -0.2) is 16.5 Å². The van der Waals surface area contributed by atoms with E-state index in [0.717, 1.165) is 0 Å². The molecular weight excluding hydrogens is 244 g/mol. The van der Waals surface area contributed by atoms with E-state index in [1.807, 2.05) is 0 Å². The average molecular weight is 246 g/mol. The van der Waals surface area contributed by atoms with Crippen molar-refractivity contribution in [2.45, 2.75) is 0 Å². The van der Waals surface area contributed by atoms with Gasteiger partial charge >= 0.3 is 55.7 Å². The van der Waals surface area contributed by atoms with Gasteiger partial charge in [0.25, 0.3) is 0 Å². The molecule has 0 aromatic rings. The van der Waals surface area contributed by atoms with Gasteiger partial charge in [-0.25, -0.2) is 0 Å². The van der Waals surface area contributed by atoms with Crippen LogP contribution in [0.5, 0.6) is 0 Å². The number of hydrogen-bond acceptors (Lipinski definition) is 2. The average Bonchev–Trinajstić information content (AvgIpc) is 1.50. The summed E-state index contributed by atoms with van der Waals surface area (Å²) in [7, 11) is 0. The van der Waals surface area contributed by atoms with E-state index in [-0.39, 0.29) is 50.3 Å². The maximum atomic E-state index is 8.42. The molecule has 0 spiro atoms. The molecule has 4 heavy (non-hydrogen) atoms. The molecule has 4 heteroatoms. The van der Waals surface area contributed by atoms with E-state index in [9.17, 15) is 0 Å². The van der Waals surface area contributed by atoms with Crippen molar-refractivity contribution in [3.8, 4) is 0 Å². The van der Waals surface area contributed by atoms with Crippen molar-refractivity contribution in [2.24, 2.45) is 0 Å². The first-order valence-corrected chi connectivity index (χ1v) is 3.22. The van der Waals surface area contributed by atoms with Crippen LogP contribution in [0.3, 0.4) is 0 Å². The van der Waals surface area contributed by atoms with Crippen molar-refractivity contribution >= 4 is 16.5 Å².